The van der Waals surface area contributed by atoms with Crippen molar-refractivity contribution in [3.63, 3.8) is 0 Å². The van der Waals surface area contributed by atoms with Gasteiger partial charge in [-0.1, -0.05) is 0 Å². The summed E-state index contributed by atoms with van der Waals surface area (Å²) in [6, 6.07) is 7.01. The fourth-order valence-electron chi connectivity index (χ4n) is 1.39. The fourth-order valence-corrected chi connectivity index (χ4v) is 1.39. The summed E-state index contributed by atoms with van der Waals surface area (Å²) in [5.74, 6) is 0.772. The molecule has 1 aromatic rings. The molecule has 1 unspecified atom stereocenters. The van der Waals surface area contributed by atoms with Gasteiger partial charge in [0.2, 0.25) is 0 Å². The van der Waals surface area contributed by atoms with E-state index in [4.69, 9.17) is 9.84 Å². The van der Waals surface area contributed by atoms with Gasteiger partial charge in [0, 0.05) is 11.6 Å². The first kappa shape index (κ1) is 13.7. The third-order valence-corrected chi connectivity index (χ3v) is 2.82. The second-order valence-electron chi connectivity index (χ2n) is 4.10. The van der Waals surface area contributed by atoms with Crippen LogP contribution in [-0.2, 0) is 0 Å². The summed E-state index contributed by atoms with van der Waals surface area (Å²) in [6.45, 7) is 2.22. The van der Waals surface area contributed by atoms with Gasteiger partial charge >= 0.3 is 0 Å². The number of hydrogen-bond donors (Lipinski definition) is 1. The van der Waals surface area contributed by atoms with Crippen LogP contribution in [0.1, 0.15) is 17.3 Å². The molecular weight excluding hydrogens is 218 g/mol. The molecule has 94 valence electrons. The molecule has 0 saturated heterocycles. The first-order valence-electron chi connectivity index (χ1n) is 5.56. The molecule has 17 heavy (non-hydrogen) atoms. The number of nitrogens with zero attached hydrogens (tertiary/aromatic N) is 1. The third-order valence-electron chi connectivity index (χ3n) is 2.82. The van der Waals surface area contributed by atoms with Crippen LogP contribution in [0.25, 0.3) is 0 Å². The predicted octanol–water partition coefficient (Wildman–Crippen LogP) is 1.19. The maximum absolute atomic E-state index is 11.9. The highest BCUT2D eigenvalue weighted by atomic mass is 16.5. The van der Waals surface area contributed by atoms with E-state index in [0.29, 0.717) is 12.1 Å². The Morgan fingerprint density at radius 1 is 1.41 bits per heavy atom. The molecule has 1 N–H and O–H groups in total. The average molecular weight is 237 g/mol. The summed E-state index contributed by atoms with van der Waals surface area (Å²) in [5, 5.41) is 8.99. The largest absolute Gasteiger partial charge is 0.497 e. The smallest absolute Gasteiger partial charge is 0.176 e. The Kier molecular flexibility index (Phi) is 5.12. The van der Waals surface area contributed by atoms with Crippen molar-refractivity contribution in [2.45, 2.75) is 13.0 Å². The van der Waals surface area contributed by atoms with E-state index >= 15 is 0 Å². The summed E-state index contributed by atoms with van der Waals surface area (Å²) in [7, 11) is 3.41. The number of aliphatic hydroxyl groups excluding tert-OH is 1. The van der Waals surface area contributed by atoms with Crippen molar-refractivity contribution < 1.29 is 14.6 Å². The van der Waals surface area contributed by atoms with Gasteiger partial charge in [0.05, 0.1) is 20.3 Å². The van der Waals surface area contributed by atoms with Gasteiger partial charge in [0.1, 0.15) is 5.75 Å². The summed E-state index contributed by atoms with van der Waals surface area (Å²) in [4.78, 5) is 13.7. The molecule has 4 heteroatoms. The van der Waals surface area contributed by atoms with E-state index in [1.165, 1.54) is 0 Å². The molecule has 0 radical (unpaired) electrons. The van der Waals surface area contributed by atoms with Crippen LogP contribution in [0.15, 0.2) is 24.3 Å². The topological polar surface area (TPSA) is 49.8 Å². The SMILES string of the molecule is COc1ccc(C(=O)CN(C)C(C)CO)cc1. The molecule has 0 spiro atoms. The van der Waals surface area contributed by atoms with Gasteiger partial charge in [-0.2, -0.15) is 0 Å². The Morgan fingerprint density at radius 2 is 2.00 bits per heavy atom. The number of likely N-dealkylation sites (N-methyl/N-ethyl adjacent to an activating group) is 1. The van der Waals surface area contributed by atoms with Crippen LogP contribution in [0.2, 0.25) is 0 Å². The van der Waals surface area contributed by atoms with E-state index < -0.39 is 0 Å². The van der Waals surface area contributed by atoms with Crippen molar-refractivity contribution in [1.29, 1.82) is 0 Å². The standard InChI is InChI=1S/C13H19NO3/c1-10(9-15)14(2)8-13(16)11-4-6-12(17-3)7-5-11/h4-7,10,15H,8-9H2,1-3H3. The lowest BCUT2D eigenvalue weighted by atomic mass is 10.1. The zero-order valence-electron chi connectivity index (χ0n) is 10.5. The first-order valence-corrected chi connectivity index (χ1v) is 5.56. The number of benzene rings is 1. The number of ether oxygens (including phenoxy) is 1. The molecule has 0 aliphatic heterocycles. The van der Waals surface area contributed by atoms with Crippen molar-refractivity contribution in [2.75, 3.05) is 27.3 Å². The lowest BCUT2D eigenvalue weighted by molar-refractivity contribution is 0.0890. The summed E-state index contributed by atoms with van der Waals surface area (Å²) in [5.41, 5.74) is 0.655. The number of Topliss-reactive ketones (excluding diaryl/α,β-unsaturated/α-hetero) is 1. The number of carbonyl (C=O) groups excluding carboxylic acids is 1. The van der Waals surface area contributed by atoms with Gasteiger partial charge in [0.15, 0.2) is 5.78 Å². The van der Waals surface area contributed by atoms with E-state index in [9.17, 15) is 4.79 Å². The zero-order valence-corrected chi connectivity index (χ0v) is 10.5. The van der Waals surface area contributed by atoms with Crippen LogP contribution in [0.3, 0.4) is 0 Å². The van der Waals surface area contributed by atoms with Crippen LogP contribution >= 0.6 is 0 Å². The molecular formula is C13H19NO3. The minimum Gasteiger partial charge on any atom is -0.497 e. The Balaban J connectivity index is 2.63. The van der Waals surface area contributed by atoms with Crippen molar-refractivity contribution >= 4 is 5.78 Å². The maximum Gasteiger partial charge on any atom is 0.176 e. The van der Waals surface area contributed by atoms with Crippen LogP contribution in [0.5, 0.6) is 5.75 Å². The van der Waals surface area contributed by atoms with Gasteiger partial charge in [-0.25, -0.2) is 0 Å². The highest BCUT2D eigenvalue weighted by Crippen LogP contribution is 2.12. The van der Waals surface area contributed by atoms with E-state index in [2.05, 4.69) is 0 Å². The second-order valence-corrected chi connectivity index (χ2v) is 4.10. The lowest BCUT2D eigenvalue weighted by Crippen LogP contribution is -2.36. The molecule has 0 aliphatic rings. The van der Waals surface area contributed by atoms with Gasteiger partial charge in [-0.3, -0.25) is 9.69 Å². The van der Waals surface area contributed by atoms with E-state index in [-0.39, 0.29) is 18.4 Å². The van der Waals surface area contributed by atoms with Crippen LogP contribution in [0.4, 0.5) is 0 Å². The summed E-state index contributed by atoms with van der Waals surface area (Å²) >= 11 is 0. The van der Waals surface area contributed by atoms with Gasteiger partial charge < -0.3 is 9.84 Å². The second kappa shape index (κ2) is 6.37. The first-order chi connectivity index (χ1) is 8.08. The van der Waals surface area contributed by atoms with Crippen molar-refractivity contribution in [2.24, 2.45) is 0 Å². The highest BCUT2D eigenvalue weighted by Gasteiger charge is 2.13. The maximum atomic E-state index is 11.9. The van der Waals surface area contributed by atoms with E-state index in [0.717, 1.165) is 5.75 Å². The Hall–Kier alpha value is -1.39. The van der Waals surface area contributed by atoms with Crippen molar-refractivity contribution in [1.82, 2.24) is 4.90 Å². The molecule has 0 amide bonds. The van der Waals surface area contributed by atoms with Crippen molar-refractivity contribution in [3.8, 4) is 5.75 Å². The molecule has 0 aliphatic carbocycles. The monoisotopic (exact) mass is 237 g/mol. The number of hydrogen-bond acceptors (Lipinski definition) is 4. The molecule has 0 saturated carbocycles. The summed E-state index contributed by atoms with van der Waals surface area (Å²) in [6.07, 6.45) is 0. The van der Waals surface area contributed by atoms with Gasteiger partial charge in [0.25, 0.3) is 0 Å². The molecule has 0 aromatic heterocycles. The summed E-state index contributed by atoms with van der Waals surface area (Å²) < 4.78 is 5.03. The molecule has 4 nitrogen and oxygen atoms in total. The third kappa shape index (κ3) is 3.84. The number of ketones is 1. The molecule has 0 fully saturated rings. The Bertz CT molecular complexity index is 361. The van der Waals surface area contributed by atoms with Crippen LogP contribution < -0.4 is 4.74 Å². The predicted molar refractivity (Wildman–Crippen MR) is 66.5 cm³/mol. The fraction of sp³-hybridized carbons (Fsp3) is 0.462. The molecule has 1 aromatic carbocycles. The molecule has 0 heterocycles. The van der Waals surface area contributed by atoms with Crippen LogP contribution in [0, 0.1) is 0 Å². The van der Waals surface area contributed by atoms with E-state index in [1.807, 2.05) is 18.9 Å². The Morgan fingerprint density at radius 3 is 2.47 bits per heavy atom. The lowest BCUT2D eigenvalue weighted by Gasteiger charge is -2.21. The number of carbonyl (C=O) groups is 1. The van der Waals surface area contributed by atoms with E-state index in [1.54, 1.807) is 31.4 Å². The number of methoxy groups -OCH3 is 1. The molecule has 1 atom stereocenters. The highest BCUT2D eigenvalue weighted by molar-refractivity contribution is 5.97. The molecule has 1 rings (SSSR count). The normalized spacial score (nSPS) is 12.5. The minimum absolute atomic E-state index is 0.0165. The quantitative estimate of drug-likeness (QED) is 0.755. The number of rotatable bonds is 6. The Labute approximate surface area is 102 Å². The minimum atomic E-state index is -0.0165. The van der Waals surface area contributed by atoms with Gasteiger partial charge in [-0.15, -0.1) is 0 Å². The average Bonchev–Trinajstić information content (AvgIpc) is 2.37. The van der Waals surface area contributed by atoms with Crippen molar-refractivity contribution in [3.05, 3.63) is 29.8 Å². The van der Waals surface area contributed by atoms with Crippen LogP contribution in [-0.4, -0.2) is 49.1 Å². The number of aliphatic hydroxyl groups is 1. The van der Waals surface area contributed by atoms with Gasteiger partial charge in [-0.05, 0) is 38.2 Å². The zero-order chi connectivity index (χ0) is 12.8. The molecule has 0 bridgehead atoms.